The fourth-order valence-corrected chi connectivity index (χ4v) is 3.38. The van der Waals surface area contributed by atoms with Crippen LogP contribution in [0.15, 0.2) is 24.3 Å². The highest BCUT2D eigenvalue weighted by Crippen LogP contribution is 2.39. The summed E-state index contributed by atoms with van der Waals surface area (Å²) in [5.41, 5.74) is 1.03. The fourth-order valence-electron chi connectivity index (χ4n) is 3.38. The third-order valence-corrected chi connectivity index (χ3v) is 4.69. The van der Waals surface area contributed by atoms with Gasteiger partial charge in [0.25, 0.3) is 0 Å². The second-order valence-corrected chi connectivity index (χ2v) is 6.35. The molecule has 1 fully saturated rings. The molecule has 2 nitrogen and oxygen atoms in total. The van der Waals surface area contributed by atoms with Gasteiger partial charge >= 0.3 is 5.97 Å². The van der Waals surface area contributed by atoms with Crippen LogP contribution in [0.1, 0.15) is 38.7 Å². The molecular formula is C17H23FO2. The lowest BCUT2D eigenvalue weighted by Gasteiger charge is -2.36. The summed E-state index contributed by atoms with van der Waals surface area (Å²) in [6.07, 6.45) is 3.48. The smallest absolute Gasteiger partial charge is 0.306 e. The van der Waals surface area contributed by atoms with Gasteiger partial charge in [-0.2, -0.15) is 0 Å². The van der Waals surface area contributed by atoms with E-state index in [1.807, 2.05) is 0 Å². The summed E-state index contributed by atoms with van der Waals surface area (Å²) in [6, 6.07) is 6.45. The van der Waals surface area contributed by atoms with E-state index in [1.165, 1.54) is 12.1 Å². The van der Waals surface area contributed by atoms with Crippen LogP contribution in [-0.4, -0.2) is 11.1 Å². The van der Waals surface area contributed by atoms with E-state index in [9.17, 15) is 14.3 Å². The first kappa shape index (κ1) is 15.0. The van der Waals surface area contributed by atoms with E-state index in [0.29, 0.717) is 11.8 Å². The second-order valence-electron chi connectivity index (χ2n) is 6.35. The predicted octanol–water partition coefficient (Wildman–Crippen LogP) is 4.14. The normalized spacial score (nSPS) is 26.7. The average Bonchev–Trinajstić information content (AvgIpc) is 2.41. The molecular weight excluding hydrogens is 255 g/mol. The fraction of sp³-hybridized carbons (Fsp3) is 0.588. The molecule has 0 bridgehead atoms. The molecule has 3 heteroatoms. The molecule has 0 aliphatic heterocycles. The Morgan fingerprint density at radius 2 is 1.95 bits per heavy atom. The third-order valence-electron chi connectivity index (χ3n) is 4.69. The Labute approximate surface area is 120 Å². The van der Waals surface area contributed by atoms with Crippen LogP contribution in [0.25, 0.3) is 0 Å². The Kier molecular flexibility index (Phi) is 4.79. The average molecular weight is 278 g/mol. The van der Waals surface area contributed by atoms with Crippen LogP contribution in [0.5, 0.6) is 0 Å². The Balaban J connectivity index is 2.10. The second kappa shape index (κ2) is 6.38. The Morgan fingerprint density at radius 3 is 2.50 bits per heavy atom. The number of carboxylic acids is 1. The van der Waals surface area contributed by atoms with E-state index in [4.69, 9.17) is 0 Å². The number of benzene rings is 1. The minimum atomic E-state index is -0.681. The number of carboxylic acid groups (broad SMARTS) is 1. The minimum Gasteiger partial charge on any atom is -0.481 e. The first-order chi connectivity index (χ1) is 9.47. The van der Waals surface area contributed by atoms with Crippen molar-refractivity contribution >= 4 is 5.97 Å². The molecule has 0 amide bonds. The highest BCUT2D eigenvalue weighted by atomic mass is 19.1. The van der Waals surface area contributed by atoms with Gasteiger partial charge in [0.2, 0.25) is 0 Å². The van der Waals surface area contributed by atoms with Gasteiger partial charge in [-0.25, -0.2) is 4.39 Å². The van der Waals surface area contributed by atoms with Gasteiger partial charge in [-0.3, -0.25) is 4.79 Å². The molecule has 0 radical (unpaired) electrons. The molecule has 0 aromatic heterocycles. The zero-order chi connectivity index (χ0) is 14.7. The maximum atomic E-state index is 12.9. The molecule has 3 unspecified atom stereocenters. The summed E-state index contributed by atoms with van der Waals surface area (Å²) in [6.45, 7) is 4.42. The minimum absolute atomic E-state index is 0.166. The molecule has 0 spiro atoms. The number of carbonyl (C=O) groups is 1. The molecule has 20 heavy (non-hydrogen) atoms. The summed E-state index contributed by atoms with van der Waals surface area (Å²) in [4.78, 5) is 11.4. The van der Waals surface area contributed by atoms with Gasteiger partial charge in [0.05, 0.1) is 5.92 Å². The standard InChI is InChI=1S/C17H23FO2/c1-11(2)13-5-8-16(17(19)20)14(10-13)9-12-3-6-15(18)7-4-12/h3-4,6-7,11,13-14,16H,5,8-10H2,1-2H3,(H,19,20). The van der Waals surface area contributed by atoms with Gasteiger partial charge in [0, 0.05) is 0 Å². The lowest BCUT2D eigenvalue weighted by molar-refractivity contribution is -0.145. The van der Waals surface area contributed by atoms with E-state index in [2.05, 4.69) is 13.8 Å². The van der Waals surface area contributed by atoms with Crippen molar-refractivity contribution in [3.63, 3.8) is 0 Å². The highest BCUT2D eigenvalue weighted by molar-refractivity contribution is 5.70. The maximum absolute atomic E-state index is 12.9. The number of rotatable bonds is 4. The molecule has 3 atom stereocenters. The third kappa shape index (κ3) is 3.59. The Bertz CT molecular complexity index is 453. The van der Waals surface area contributed by atoms with Crippen molar-refractivity contribution in [3.05, 3.63) is 35.6 Å². The number of halogens is 1. The van der Waals surface area contributed by atoms with E-state index in [-0.39, 0.29) is 17.7 Å². The monoisotopic (exact) mass is 278 g/mol. The Hall–Kier alpha value is -1.38. The topological polar surface area (TPSA) is 37.3 Å². The van der Waals surface area contributed by atoms with Crippen molar-refractivity contribution in [1.29, 1.82) is 0 Å². The highest BCUT2D eigenvalue weighted by Gasteiger charge is 2.35. The van der Waals surface area contributed by atoms with Crippen molar-refractivity contribution in [3.8, 4) is 0 Å². The van der Waals surface area contributed by atoms with E-state index >= 15 is 0 Å². The molecule has 0 heterocycles. The van der Waals surface area contributed by atoms with Crippen molar-refractivity contribution < 1.29 is 14.3 Å². The quantitative estimate of drug-likeness (QED) is 0.898. The molecule has 1 saturated carbocycles. The Morgan fingerprint density at radius 1 is 1.30 bits per heavy atom. The molecule has 1 aliphatic carbocycles. The molecule has 1 aliphatic rings. The number of aliphatic carboxylic acids is 1. The summed E-state index contributed by atoms with van der Waals surface area (Å²) < 4.78 is 12.9. The summed E-state index contributed by atoms with van der Waals surface area (Å²) in [7, 11) is 0. The van der Waals surface area contributed by atoms with Gasteiger partial charge < -0.3 is 5.11 Å². The van der Waals surface area contributed by atoms with E-state index < -0.39 is 5.97 Å². The van der Waals surface area contributed by atoms with Crippen LogP contribution in [-0.2, 0) is 11.2 Å². The molecule has 0 saturated heterocycles. The van der Waals surface area contributed by atoms with Gasteiger partial charge in [-0.15, -0.1) is 0 Å². The zero-order valence-electron chi connectivity index (χ0n) is 12.2. The van der Waals surface area contributed by atoms with Crippen molar-refractivity contribution in [1.82, 2.24) is 0 Å². The summed E-state index contributed by atoms with van der Waals surface area (Å²) >= 11 is 0. The van der Waals surface area contributed by atoms with Crippen LogP contribution in [0.4, 0.5) is 4.39 Å². The lowest BCUT2D eigenvalue weighted by Crippen LogP contribution is -2.33. The van der Waals surface area contributed by atoms with Crippen molar-refractivity contribution in [2.24, 2.45) is 23.7 Å². The van der Waals surface area contributed by atoms with E-state index in [0.717, 1.165) is 31.2 Å². The first-order valence-corrected chi connectivity index (χ1v) is 7.44. The van der Waals surface area contributed by atoms with Crippen LogP contribution in [0.2, 0.25) is 0 Å². The van der Waals surface area contributed by atoms with Crippen molar-refractivity contribution in [2.75, 3.05) is 0 Å². The maximum Gasteiger partial charge on any atom is 0.306 e. The van der Waals surface area contributed by atoms with Crippen LogP contribution >= 0.6 is 0 Å². The summed E-state index contributed by atoms with van der Waals surface area (Å²) in [5.74, 6) is 0.192. The summed E-state index contributed by atoms with van der Waals surface area (Å²) in [5, 5.41) is 9.40. The van der Waals surface area contributed by atoms with Crippen LogP contribution in [0, 0.1) is 29.5 Å². The van der Waals surface area contributed by atoms with Gasteiger partial charge in [0.15, 0.2) is 0 Å². The molecule has 1 aromatic carbocycles. The van der Waals surface area contributed by atoms with Gasteiger partial charge in [0.1, 0.15) is 5.82 Å². The van der Waals surface area contributed by atoms with E-state index in [1.54, 1.807) is 12.1 Å². The van der Waals surface area contributed by atoms with Gasteiger partial charge in [-0.1, -0.05) is 26.0 Å². The zero-order valence-corrected chi connectivity index (χ0v) is 12.2. The molecule has 110 valence electrons. The number of hydrogen-bond donors (Lipinski definition) is 1. The van der Waals surface area contributed by atoms with Crippen LogP contribution in [0.3, 0.4) is 0 Å². The first-order valence-electron chi connectivity index (χ1n) is 7.44. The van der Waals surface area contributed by atoms with Crippen LogP contribution < -0.4 is 0 Å². The van der Waals surface area contributed by atoms with Crippen molar-refractivity contribution in [2.45, 2.75) is 39.5 Å². The molecule has 1 aromatic rings. The lowest BCUT2D eigenvalue weighted by atomic mass is 9.69. The largest absolute Gasteiger partial charge is 0.481 e. The van der Waals surface area contributed by atoms with Gasteiger partial charge in [-0.05, 0) is 61.1 Å². The number of hydrogen-bond acceptors (Lipinski definition) is 1. The molecule has 2 rings (SSSR count). The molecule has 1 N–H and O–H groups in total. The predicted molar refractivity (Wildman–Crippen MR) is 76.9 cm³/mol. The SMILES string of the molecule is CC(C)C1CCC(C(=O)O)C(Cc2ccc(F)cc2)C1.